The first-order chi connectivity index (χ1) is 9.02. The molecule has 19 heavy (non-hydrogen) atoms. The lowest BCUT2D eigenvalue weighted by molar-refractivity contribution is -0.138. The summed E-state index contributed by atoms with van der Waals surface area (Å²) in [7, 11) is 0. The number of carbonyl (C=O) groups is 2. The van der Waals surface area contributed by atoms with Gasteiger partial charge in [0.05, 0.1) is 6.61 Å². The van der Waals surface area contributed by atoms with Gasteiger partial charge in [0.25, 0.3) is 5.91 Å². The first kappa shape index (κ1) is 14.8. The van der Waals surface area contributed by atoms with Gasteiger partial charge in [-0.1, -0.05) is 12.1 Å². The van der Waals surface area contributed by atoms with Gasteiger partial charge in [0.1, 0.15) is 5.75 Å². The third-order valence-corrected chi connectivity index (χ3v) is 2.24. The fourth-order valence-corrected chi connectivity index (χ4v) is 1.37. The molecular formula is C14H17NO4. The van der Waals surface area contributed by atoms with Gasteiger partial charge in [-0.2, -0.15) is 0 Å². The molecule has 0 aliphatic heterocycles. The van der Waals surface area contributed by atoms with Crippen LogP contribution in [0.1, 0.15) is 19.4 Å². The average molecular weight is 263 g/mol. The first-order valence-corrected chi connectivity index (χ1v) is 5.89. The molecule has 5 nitrogen and oxygen atoms in total. The molecule has 0 heterocycles. The Morgan fingerprint density at radius 3 is 2.42 bits per heavy atom. The number of rotatable bonds is 6. The smallest absolute Gasteiger partial charge is 0.333 e. The summed E-state index contributed by atoms with van der Waals surface area (Å²) >= 11 is 0. The van der Waals surface area contributed by atoms with Crippen LogP contribution in [0.5, 0.6) is 5.75 Å². The highest BCUT2D eigenvalue weighted by Gasteiger charge is 2.04. The van der Waals surface area contributed by atoms with E-state index in [1.54, 1.807) is 44.2 Å². The van der Waals surface area contributed by atoms with Gasteiger partial charge in [-0.05, 0) is 37.6 Å². The van der Waals surface area contributed by atoms with Crippen molar-refractivity contribution in [1.29, 1.82) is 0 Å². The Bertz CT molecular complexity index is 477. The highest BCUT2D eigenvalue weighted by Crippen LogP contribution is 2.14. The molecule has 1 aromatic rings. The van der Waals surface area contributed by atoms with Crippen LogP contribution in [-0.4, -0.2) is 25.1 Å². The number of carbonyl (C=O) groups excluding carboxylic acids is 2. The summed E-state index contributed by atoms with van der Waals surface area (Å²) in [5.74, 6) is -0.316. The second-order valence-corrected chi connectivity index (χ2v) is 3.87. The summed E-state index contributed by atoms with van der Waals surface area (Å²) in [6, 6.07) is 6.96. The maximum atomic E-state index is 11.4. The molecule has 0 spiro atoms. The lowest BCUT2D eigenvalue weighted by Crippen LogP contribution is -2.19. The number of esters is 1. The summed E-state index contributed by atoms with van der Waals surface area (Å²) in [5, 5.41) is 0. The Morgan fingerprint density at radius 1 is 1.26 bits per heavy atom. The predicted octanol–water partition coefficient (Wildman–Crippen LogP) is 1.52. The van der Waals surface area contributed by atoms with E-state index in [-0.39, 0.29) is 12.6 Å². The largest absolute Gasteiger partial charge is 0.484 e. The van der Waals surface area contributed by atoms with Crippen LogP contribution in [0.2, 0.25) is 0 Å². The molecular weight excluding hydrogens is 246 g/mol. The number of nitrogens with two attached hydrogens (primary N) is 1. The Kier molecular flexibility index (Phi) is 5.60. The first-order valence-electron chi connectivity index (χ1n) is 5.89. The van der Waals surface area contributed by atoms with Gasteiger partial charge < -0.3 is 15.2 Å². The minimum absolute atomic E-state index is 0.156. The average Bonchev–Trinajstić information content (AvgIpc) is 2.38. The lowest BCUT2D eigenvalue weighted by Gasteiger charge is -2.04. The molecule has 0 unspecified atom stereocenters. The molecule has 0 fully saturated rings. The molecule has 0 radical (unpaired) electrons. The third kappa shape index (κ3) is 5.25. The maximum Gasteiger partial charge on any atom is 0.333 e. The van der Waals surface area contributed by atoms with E-state index in [0.29, 0.717) is 17.9 Å². The van der Waals surface area contributed by atoms with Crippen molar-refractivity contribution < 1.29 is 19.1 Å². The van der Waals surface area contributed by atoms with E-state index in [1.165, 1.54) is 0 Å². The fourth-order valence-electron chi connectivity index (χ4n) is 1.37. The molecule has 1 aromatic carbocycles. The van der Waals surface area contributed by atoms with Crippen LogP contribution in [0.4, 0.5) is 0 Å². The maximum absolute atomic E-state index is 11.4. The second kappa shape index (κ2) is 7.20. The van der Waals surface area contributed by atoms with Crippen molar-refractivity contribution in [3.63, 3.8) is 0 Å². The molecule has 0 saturated heterocycles. The summed E-state index contributed by atoms with van der Waals surface area (Å²) < 4.78 is 10.0. The topological polar surface area (TPSA) is 78.6 Å². The molecule has 0 aromatic heterocycles. The quantitative estimate of drug-likeness (QED) is 0.623. The molecule has 1 amide bonds. The molecule has 1 rings (SSSR count). The predicted molar refractivity (Wildman–Crippen MR) is 71.4 cm³/mol. The Labute approximate surface area is 112 Å². The molecule has 5 heteroatoms. The normalized spacial score (nSPS) is 10.9. The van der Waals surface area contributed by atoms with Crippen molar-refractivity contribution in [1.82, 2.24) is 0 Å². The van der Waals surface area contributed by atoms with Crippen LogP contribution in [-0.2, 0) is 14.3 Å². The highest BCUT2D eigenvalue weighted by molar-refractivity contribution is 5.92. The molecule has 102 valence electrons. The second-order valence-electron chi connectivity index (χ2n) is 3.87. The number of hydrogen-bond acceptors (Lipinski definition) is 4. The van der Waals surface area contributed by atoms with E-state index in [0.717, 1.165) is 5.56 Å². The Hall–Kier alpha value is -2.30. The van der Waals surface area contributed by atoms with Gasteiger partial charge in [-0.3, -0.25) is 4.79 Å². The van der Waals surface area contributed by atoms with Crippen molar-refractivity contribution >= 4 is 18.0 Å². The fraction of sp³-hybridized carbons (Fsp3) is 0.286. The zero-order valence-corrected chi connectivity index (χ0v) is 11.0. The summed E-state index contributed by atoms with van der Waals surface area (Å²) in [6.07, 6.45) is 1.72. The molecule has 0 bridgehead atoms. The van der Waals surface area contributed by atoms with Crippen LogP contribution >= 0.6 is 0 Å². The summed E-state index contributed by atoms with van der Waals surface area (Å²) in [5.41, 5.74) is 6.34. The molecule has 0 saturated carbocycles. The zero-order valence-electron chi connectivity index (χ0n) is 11.0. The number of benzene rings is 1. The van der Waals surface area contributed by atoms with Crippen molar-refractivity contribution in [3.05, 3.63) is 35.4 Å². The third-order valence-electron chi connectivity index (χ3n) is 2.24. The summed E-state index contributed by atoms with van der Waals surface area (Å²) in [6.45, 7) is 3.65. The van der Waals surface area contributed by atoms with E-state index >= 15 is 0 Å². The Morgan fingerprint density at radius 2 is 1.89 bits per heavy atom. The Balaban J connectivity index is 2.68. The van der Waals surface area contributed by atoms with Crippen molar-refractivity contribution in [2.24, 2.45) is 5.73 Å². The van der Waals surface area contributed by atoms with Gasteiger partial charge in [-0.25, -0.2) is 4.79 Å². The number of amides is 1. The van der Waals surface area contributed by atoms with Gasteiger partial charge in [0, 0.05) is 5.57 Å². The van der Waals surface area contributed by atoms with Crippen molar-refractivity contribution in [3.8, 4) is 5.75 Å². The van der Waals surface area contributed by atoms with E-state index in [4.69, 9.17) is 15.2 Å². The van der Waals surface area contributed by atoms with Crippen LogP contribution in [0, 0.1) is 0 Å². The number of primary amides is 1. The van der Waals surface area contributed by atoms with Crippen molar-refractivity contribution in [2.45, 2.75) is 13.8 Å². The molecule has 0 atom stereocenters. The number of hydrogen-bond donors (Lipinski definition) is 1. The molecule has 2 N–H and O–H groups in total. The molecule has 0 aliphatic carbocycles. The number of ether oxygens (including phenoxy) is 2. The van der Waals surface area contributed by atoms with E-state index < -0.39 is 5.91 Å². The van der Waals surface area contributed by atoms with Gasteiger partial charge >= 0.3 is 5.97 Å². The van der Waals surface area contributed by atoms with Crippen LogP contribution in [0.3, 0.4) is 0 Å². The van der Waals surface area contributed by atoms with E-state index in [2.05, 4.69) is 0 Å². The minimum atomic E-state index is -0.526. The van der Waals surface area contributed by atoms with Gasteiger partial charge in [-0.15, -0.1) is 0 Å². The highest BCUT2D eigenvalue weighted by atomic mass is 16.5. The van der Waals surface area contributed by atoms with E-state index in [1.807, 2.05) is 0 Å². The molecule has 0 aliphatic rings. The monoisotopic (exact) mass is 263 g/mol. The minimum Gasteiger partial charge on any atom is -0.484 e. The summed E-state index contributed by atoms with van der Waals surface area (Å²) in [4.78, 5) is 22.0. The lowest BCUT2D eigenvalue weighted by atomic mass is 10.1. The standard InChI is InChI=1S/C14H17NO4/c1-3-18-14(17)10(2)8-11-4-6-12(7-5-11)19-9-13(15)16/h4-8H,3,9H2,1-2H3,(H2,15,16)/b10-8+. The van der Waals surface area contributed by atoms with Crippen LogP contribution in [0.25, 0.3) is 6.08 Å². The van der Waals surface area contributed by atoms with Crippen LogP contribution in [0.15, 0.2) is 29.8 Å². The van der Waals surface area contributed by atoms with Gasteiger partial charge in [0.2, 0.25) is 0 Å². The van der Waals surface area contributed by atoms with E-state index in [9.17, 15) is 9.59 Å². The van der Waals surface area contributed by atoms with Crippen LogP contribution < -0.4 is 10.5 Å². The van der Waals surface area contributed by atoms with Gasteiger partial charge in [0.15, 0.2) is 6.61 Å². The SMILES string of the molecule is CCOC(=O)/C(C)=C/c1ccc(OCC(N)=O)cc1. The zero-order chi connectivity index (χ0) is 14.3. The van der Waals surface area contributed by atoms with Crippen molar-refractivity contribution in [2.75, 3.05) is 13.2 Å².